The number of amides is 1. The molecule has 1 aromatic heterocycles. The quantitative estimate of drug-likeness (QED) is 0.800. The van der Waals surface area contributed by atoms with Gasteiger partial charge in [-0.25, -0.2) is 4.98 Å². The summed E-state index contributed by atoms with van der Waals surface area (Å²) in [7, 11) is 1.70. The summed E-state index contributed by atoms with van der Waals surface area (Å²) in [6, 6.07) is 5.23. The highest BCUT2D eigenvalue weighted by Gasteiger charge is 2.07. The average Bonchev–Trinajstić information content (AvgIpc) is 2.69. The van der Waals surface area contributed by atoms with Gasteiger partial charge in [-0.05, 0) is 25.2 Å². The third kappa shape index (κ3) is 2.66. The number of benzene rings is 1. The molecule has 0 atom stereocenters. The minimum absolute atomic E-state index is 0.137. The number of thiazole rings is 1. The van der Waals surface area contributed by atoms with E-state index in [1.54, 1.807) is 25.2 Å². The van der Waals surface area contributed by atoms with E-state index in [4.69, 9.17) is 0 Å². The number of aldehydes is 1. The number of fused-ring (bicyclic) bond motifs is 1. The Balaban J connectivity index is 2.25. The second kappa shape index (κ2) is 5.03. The molecule has 17 heavy (non-hydrogen) atoms. The molecule has 0 aliphatic heterocycles. The smallest absolute Gasteiger partial charge is 0.240 e. The molecule has 2 N–H and O–H groups in total. The van der Waals surface area contributed by atoms with Crippen molar-refractivity contribution in [1.82, 2.24) is 10.3 Å². The Hall–Kier alpha value is -1.79. The normalized spacial score (nSPS) is 10.4. The summed E-state index contributed by atoms with van der Waals surface area (Å²) >= 11 is 1.35. The van der Waals surface area contributed by atoms with Crippen molar-refractivity contribution in [2.45, 2.75) is 0 Å². The number of carbonyl (C=O) groups is 2. The van der Waals surface area contributed by atoms with Crippen molar-refractivity contribution in [3.63, 3.8) is 0 Å². The van der Waals surface area contributed by atoms with Gasteiger partial charge < -0.3 is 10.6 Å². The van der Waals surface area contributed by atoms with Gasteiger partial charge in [0.1, 0.15) is 6.29 Å². The van der Waals surface area contributed by atoms with Crippen LogP contribution in [0, 0.1) is 0 Å². The third-order valence-corrected chi connectivity index (χ3v) is 3.07. The molecular weight excluding hydrogens is 238 g/mol. The van der Waals surface area contributed by atoms with E-state index in [1.165, 1.54) is 11.3 Å². The average molecular weight is 249 g/mol. The molecule has 1 aromatic carbocycles. The number of nitrogens with one attached hydrogen (secondary N) is 2. The molecule has 0 bridgehead atoms. The van der Waals surface area contributed by atoms with Crippen molar-refractivity contribution in [3.8, 4) is 0 Å². The lowest BCUT2D eigenvalue weighted by Crippen LogP contribution is -2.24. The van der Waals surface area contributed by atoms with Gasteiger partial charge in [0.25, 0.3) is 0 Å². The lowest BCUT2D eigenvalue weighted by molar-refractivity contribution is -0.115. The van der Waals surface area contributed by atoms with E-state index in [0.29, 0.717) is 10.7 Å². The van der Waals surface area contributed by atoms with E-state index >= 15 is 0 Å². The maximum Gasteiger partial charge on any atom is 0.240 e. The summed E-state index contributed by atoms with van der Waals surface area (Å²) in [5.74, 6) is -0.137. The highest BCUT2D eigenvalue weighted by atomic mass is 32.1. The van der Waals surface area contributed by atoms with E-state index in [0.717, 1.165) is 16.5 Å². The van der Waals surface area contributed by atoms with E-state index in [9.17, 15) is 9.59 Å². The van der Waals surface area contributed by atoms with Crippen molar-refractivity contribution in [3.05, 3.63) is 23.8 Å². The van der Waals surface area contributed by atoms with Crippen molar-refractivity contribution >= 4 is 38.9 Å². The van der Waals surface area contributed by atoms with E-state index in [1.807, 2.05) is 0 Å². The number of anilines is 1. The molecule has 0 saturated carbocycles. The van der Waals surface area contributed by atoms with Crippen LogP contribution in [0.25, 0.3) is 10.2 Å². The summed E-state index contributed by atoms with van der Waals surface area (Å²) in [4.78, 5) is 26.2. The van der Waals surface area contributed by atoms with Crippen LogP contribution in [0.1, 0.15) is 10.4 Å². The van der Waals surface area contributed by atoms with Gasteiger partial charge >= 0.3 is 0 Å². The number of hydrogen-bond acceptors (Lipinski definition) is 5. The van der Waals surface area contributed by atoms with Crippen LogP contribution in [-0.4, -0.2) is 30.8 Å². The van der Waals surface area contributed by atoms with Gasteiger partial charge in [0.05, 0.1) is 16.8 Å². The largest absolute Gasteiger partial charge is 0.311 e. The van der Waals surface area contributed by atoms with E-state index in [2.05, 4.69) is 15.6 Å². The Bertz CT molecular complexity index is 565. The van der Waals surface area contributed by atoms with Crippen LogP contribution in [0.4, 0.5) is 5.13 Å². The van der Waals surface area contributed by atoms with Crippen molar-refractivity contribution in [2.75, 3.05) is 18.9 Å². The van der Waals surface area contributed by atoms with Crippen molar-refractivity contribution in [2.24, 2.45) is 0 Å². The Labute approximate surface area is 102 Å². The van der Waals surface area contributed by atoms with E-state index in [-0.39, 0.29) is 12.5 Å². The monoisotopic (exact) mass is 249 g/mol. The second-order valence-corrected chi connectivity index (χ2v) is 4.47. The molecular formula is C11H11N3O2S. The maximum atomic E-state index is 11.3. The number of nitrogens with zero attached hydrogens (tertiary/aromatic N) is 1. The molecule has 0 aliphatic rings. The fraction of sp³-hybridized carbons (Fsp3) is 0.182. The summed E-state index contributed by atoms with van der Waals surface area (Å²) in [6.07, 6.45) is 0.790. The fourth-order valence-electron chi connectivity index (χ4n) is 1.39. The molecule has 88 valence electrons. The Morgan fingerprint density at radius 1 is 1.53 bits per heavy atom. The topological polar surface area (TPSA) is 71.1 Å². The van der Waals surface area contributed by atoms with Crippen LogP contribution < -0.4 is 10.6 Å². The molecule has 0 radical (unpaired) electrons. The minimum Gasteiger partial charge on any atom is -0.311 e. The van der Waals surface area contributed by atoms with Gasteiger partial charge in [0, 0.05) is 5.56 Å². The fourth-order valence-corrected chi connectivity index (χ4v) is 2.32. The predicted molar refractivity (Wildman–Crippen MR) is 67.6 cm³/mol. The van der Waals surface area contributed by atoms with E-state index < -0.39 is 0 Å². The lowest BCUT2D eigenvalue weighted by atomic mass is 10.2. The van der Waals surface area contributed by atoms with Crippen LogP contribution in [-0.2, 0) is 4.79 Å². The van der Waals surface area contributed by atoms with Crippen LogP contribution in [0.2, 0.25) is 0 Å². The first-order valence-electron chi connectivity index (χ1n) is 5.03. The molecule has 0 saturated heterocycles. The molecule has 0 unspecified atom stereocenters. The molecule has 0 aliphatic carbocycles. The molecule has 1 amide bonds. The third-order valence-electron chi connectivity index (χ3n) is 2.13. The van der Waals surface area contributed by atoms with Crippen molar-refractivity contribution < 1.29 is 9.59 Å². The zero-order valence-corrected chi connectivity index (χ0v) is 10.0. The van der Waals surface area contributed by atoms with Crippen LogP contribution in [0.15, 0.2) is 18.2 Å². The first-order valence-corrected chi connectivity index (χ1v) is 5.85. The van der Waals surface area contributed by atoms with Crippen LogP contribution in [0.5, 0.6) is 0 Å². The zero-order valence-electron chi connectivity index (χ0n) is 9.19. The van der Waals surface area contributed by atoms with Gasteiger partial charge in [-0.3, -0.25) is 9.59 Å². The van der Waals surface area contributed by atoms with Gasteiger partial charge in [0.15, 0.2) is 5.13 Å². The Kier molecular flexibility index (Phi) is 3.46. The lowest BCUT2D eigenvalue weighted by Gasteiger charge is -1.98. The molecule has 2 aromatic rings. The van der Waals surface area contributed by atoms with Gasteiger partial charge in [-0.1, -0.05) is 11.3 Å². The van der Waals surface area contributed by atoms with Crippen LogP contribution >= 0.6 is 11.3 Å². The first-order chi connectivity index (χ1) is 8.22. The molecule has 0 spiro atoms. The second-order valence-electron chi connectivity index (χ2n) is 3.44. The standard InChI is InChI=1S/C11H11N3O2S/c1-12-5-10(16)14-11-13-8-3-2-7(6-15)4-9(8)17-11/h2-4,6,12H,5H2,1H3,(H,13,14,16). The molecule has 6 heteroatoms. The number of likely N-dealkylation sites (N-methyl/N-ethyl adjacent to an activating group) is 1. The predicted octanol–water partition coefficient (Wildman–Crippen LogP) is 1.27. The molecule has 2 rings (SSSR count). The minimum atomic E-state index is -0.137. The number of rotatable bonds is 4. The number of carbonyl (C=O) groups excluding carboxylic acids is 2. The summed E-state index contributed by atoms with van der Waals surface area (Å²) in [5.41, 5.74) is 1.38. The highest BCUT2D eigenvalue weighted by molar-refractivity contribution is 7.22. The number of aromatic nitrogens is 1. The highest BCUT2D eigenvalue weighted by Crippen LogP contribution is 2.26. The Morgan fingerprint density at radius 2 is 2.35 bits per heavy atom. The van der Waals surface area contributed by atoms with Gasteiger partial charge in [0.2, 0.25) is 5.91 Å². The van der Waals surface area contributed by atoms with Gasteiger partial charge in [-0.2, -0.15) is 0 Å². The maximum absolute atomic E-state index is 11.3. The van der Waals surface area contributed by atoms with Crippen LogP contribution in [0.3, 0.4) is 0 Å². The van der Waals surface area contributed by atoms with Gasteiger partial charge in [-0.15, -0.1) is 0 Å². The molecule has 5 nitrogen and oxygen atoms in total. The Morgan fingerprint density at radius 3 is 3.06 bits per heavy atom. The summed E-state index contributed by atoms with van der Waals surface area (Å²) in [5, 5.41) is 5.99. The summed E-state index contributed by atoms with van der Waals surface area (Å²) in [6.45, 7) is 0.246. The molecule has 0 fully saturated rings. The SMILES string of the molecule is CNCC(=O)Nc1nc2ccc(C=O)cc2s1. The molecule has 1 heterocycles. The van der Waals surface area contributed by atoms with Crippen molar-refractivity contribution in [1.29, 1.82) is 0 Å². The number of hydrogen-bond donors (Lipinski definition) is 2. The first kappa shape index (κ1) is 11.7. The zero-order chi connectivity index (χ0) is 12.3. The summed E-state index contributed by atoms with van der Waals surface area (Å²) < 4.78 is 0.884.